The van der Waals surface area contributed by atoms with Gasteiger partial charge in [0.2, 0.25) is 5.91 Å². The molecule has 0 bridgehead atoms. The lowest BCUT2D eigenvalue weighted by Gasteiger charge is -2.38. The van der Waals surface area contributed by atoms with E-state index < -0.39 is 18.1 Å². The monoisotopic (exact) mass is 493 g/mol. The molecule has 1 heterocycles. The van der Waals surface area contributed by atoms with E-state index in [-0.39, 0.29) is 29.5 Å². The van der Waals surface area contributed by atoms with E-state index in [2.05, 4.69) is 28.9 Å². The maximum atomic E-state index is 13.7. The van der Waals surface area contributed by atoms with Crippen LogP contribution >= 0.6 is 11.3 Å². The first-order valence-electron chi connectivity index (χ1n) is 11.9. The van der Waals surface area contributed by atoms with Crippen LogP contribution in [-0.2, 0) is 14.3 Å². The highest BCUT2D eigenvalue weighted by molar-refractivity contribution is 7.09. The number of thiazole rings is 1. The van der Waals surface area contributed by atoms with Crippen molar-refractivity contribution >= 4 is 23.2 Å². The Balaban J connectivity index is 3.37. The van der Waals surface area contributed by atoms with Crippen LogP contribution in [0.4, 0.5) is 0 Å². The molecular weight excluding hydrogens is 454 g/mol. The van der Waals surface area contributed by atoms with Crippen molar-refractivity contribution in [3.05, 3.63) is 38.7 Å². The molecule has 1 rings (SSSR count). The zero-order valence-electron chi connectivity index (χ0n) is 21.4. The van der Waals surface area contributed by atoms with E-state index >= 15 is 0 Å². The number of ether oxygens (including phenoxy) is 2. The summed E-state index contributed by atoms with van der Waals surface area (Å²) in [5.74, 6) is -0.662. The minimum absolute atomic E-state index is 0.0851. The molecule has 0 aliphatic heterocycles. The van der Waals surface area contributed by atoms with Crippen LogP contribution in [0.3, 0.4) is 0 Å². The van der Waals surface area contributed by atoms with Crippen molar-refractivity contribution in [2.45, 2.75) is 79.0 Å². The van der Waals surface area contributed by atoms with Crippen LogP contribution in [0.5, 0.6) is 0 Å². The third kappa shape index (κ3) is 8.42. The maximum Gasteiger partial charge on any atom is 0.357 e. The van der Waals surface area contributed by atoms with Gasteiger partial charge in [-0.1, -0.05) is 58.3 Å². The third-order valence-electron chi connectivity index (χ3n) is 5.78. The average Bonchev–Trinajstić information content (AvgIpc) is 3.32. The molecule has 1 amide bonds. The van der Waals surface area contributed by atoms with Gasteiger partial charge in [-0.05, 0) is 30.7 Å². The minimum Gasteiger partial charge on any atom is -0.464 e. The van der Waals surface area contributed by atoms with Crippen molar-refractivity contribution in [2.24, 2.45) is 17.0 Å². The Morgan fingerprint density at radius 2 is 1.97 bits per heavy atom. The minimum atomic E-state index is -0.775. The second-order valence-electron chi connectivity index (χ2n) is 8.46. The van der Waals surface area contributed by atoms with Crippen molar-refractivity contribution in [3.63, 3.8) is 0 Å². The summed E-state index contributed by atoms with van der Waals surface area (Å²) in [6.45, 7) is 12.8. The molecule has 9 nitrogen and oxygen atoms in total. The average molecular weight is 494 g/mol. The molecule has 0 N–H and O–H groups in total. The summed E-state index contributed by atoms with van der Waals surface area (Å²) < 4.78 is 10.8. The quantitative estimate of drug-likeness (QED) is 0.0984. The zero-order chi connectivity index (χ0) is 25.7. The molecule has 0 saturated carbocycles. The second kappa shape index (κ2) is 15.5. The second-order valence-corrected chi connectivity index (χ2v) is 9.35. The Hall–Kier alpha value is -2.42. The highest BCUT2D eigenvalue weighted by atomic mass is 32.1. The predicted molar refractivity (Wildman–Crippen MR) is 135 cm³/mol. The van der Waals surface area contributed by atoms with Gasteiger partial charge < -0.3 is 14.4 Å². The summed E-state index contributed by atoms with van der Waals surface area (Å²) in [4.78, 5) is 34.8. The van der Waals surface area contributed by atoms with E-state index in [0.29, 0.717) is 24.6 Å². The highest BCUT2D eigenvalue weighted by Gasteiger charge is 2.35. The van der Waals surface area contributed by atoms with Gasteiger partial charge in [-0.15, -0.1) is 11.3 Å². The van der Waals surface area contributed by atoms with E-state index in [1.165, 1.54) is 18.4 Å². The molecule has 1 aromatic rings. The molecular formula is C24H39N5O4S. The van der Waals surface area contributed by atoms with E-state index in [1.54, 1.807) is 5.38 Å². The Morgan fingerprint density at radius 3 is 2.50 bits per heavy atom. The van der Waals surface area contributed by atoms with Crippen LogP contribution in [0.1, 0.15) is 82.4 Å². The van der Waals surface area contributed by atoms with Crippen LogP contribution in [0, 0.1) is 11.8 Å². The SMILES string of the molecule is CC/C=C/CN(C(=O)C(N=[N+]=[N-])C(C)CC)[C@H](C[C@@H](OCC)c1nc(C(=O)OC)cs1)C(C)C. The number of rotatable bonds is 15. The zero-order valence-corrected chi connectivity index (χ0v) is 22.2. The number of amides is 1. The Bertz CT molecular complexity index is 850. The number of carbonyl (C=O) groups excluding carboxylic acids is 2. The van der Waals surface area contributed by atoms with Crippen molar-refractivity contribution in [1.29, 1.82) is 0 Å². The molecule has 0 saturated heterocycles. The topological polar surface area (TPSA) is 117 Å². The van der Waals surface area contributed by atoms with E-state index in [0.717, 1.165) is 12.8 Å². The van der Waals surface area contributed by atoms with E-state index in [9.17, 15) is 9.59 Å². The molecule has 0 aliphatic rings. The molecule has 1 aromatic heterocycles. The largest absolute Gasteiger partial charge is 0.464 e. The lowest BCUT2D eigenvalue weighted by Crippen LogP contribution is -2.49. The van der Waals surface area contributed by atoms with Gasteiger partial charge in [0.15, 0.2) is 5.69 Å². The van der Waals surface area contributed by atoms with E-state index in [4.69, 9.17) is 15.0 Å². The van der Waals surface area contributed by atoms with Crippen molar-refractivity contribution in [2.75, 3.05) is 20.3 Å². The van der Waals surface area contributed by atoms with Crippen LogP contribution < -0.4 is 0 Å². The molecule has 0 radical (unpaired) electrons. The van der Waals surface area contributed by atoms with Gasteiger partial charge in [0.05, 0.1) is 7.11 Å². The Kier molecular flexibility index (Phi) is 13.5. The van der Waals surface area contributed by atoms with Gasteiger partial charge in [-0.25, -0.2) is 9.78 Å². The van der Waals surface area contributed by atoms with Gasteiger partial charge >= 0.3 is 5.97 Å². The van der Waals surface area contributed by atoms with Crippen LogP contribution in [-0.4, -0.2) is 54.1 Å². The van der Waals surface area contributed by atoms with Crippen LogP contribution in [0.15, 0.2) is 22.6 Å². The molecule has 2 unspecified atom stereocenters. The predicted octanol–water partition coefficient (Wildman–Crippen LogP) is 5.94. The summed E-state index contributed by atoms with van der Waals surface area (Å²) in [6, 6.07) is -0.973. The van der Waals surface area contributed by atoms with Crippen LogP contribution in [0.2, 0.25) is 0 Å². The number of esters is 1. The number of aromatic nitrogens is 1. The first-order valence-corrected chi connectivity index (χ1v) is 12.8. The van der Waals surface area contributed by atoms with Crippen molar-refractivity contribution < 1.29 is 19.1 Å². The van der Waals surface area contributed by atoms with Crippen molar-refractivity contribution in [1.82, 2.24) is 9.88 Å². The number of allylic oxidation sites excluding steroid dienone is 1. The molecule has 190 valence electrons. The molecule has 4 atom stereocenters. The fourth-order valence-electron chi connectivity index (χ4n) is 3.65. The molecule has 0 aromatic carbocycles. The third-order valence-corrected chi connectivity index (χ3v) is 6.72. The van der Waals surface area contributed by atoms with E-state index in [1.807, 2.05) is 44.7 Å². The summed E-state index contributed by atoms with van der Waals surface area (Å²) >= 11 is 1.34. The Labute approximate surface area is 207 Å². The number of azide groups is 1. The summed E-state index contributed by atoms with van der Waals surface area (Å²) in [5.41, 5.74) is 9.36. The fourth-order valence-corrected chi connectivity index (χ4v) is 4.50. The molecule has 0 fully saturated rings. The smallest absolute Gasteiger partial charge is 0.357 e. The van der Waals surface area contributed by atoms with Crippen LogP contribution in [0.25, 0.3) is 10.4 Å². The summed E-state index contributed by atoms with van der Waals surface area (Å²) in [5, 5.41) is 6.19. The molecule has 34 heavy (non-hydrogen) atoms. The molecule has 0 aliphatic carbocycles. The number of carbonyl (C=O) groups is 2. The first-order chi connectivity index (χ1) is 16.2. The molecule has 10 heteroatoms. The molecule has 0 spiro atoms. The van der Waals surface area contributed by atoms with Gasteiger partial charge in [-0.2, -0.15) is 0 Å². The number of hydrogen-bond donors (Lipinski definition) is 0. The first kappa shape index (κ1) is 29.6. The number of hydrogen-bond acceptors (Lipinski definition) is 7. The van der Waals surface area contributed by atoms with Gasteiger partial charge in [0.1, 0.15) is 17.2 Å². The standard InChI is InChI=1S/C24H39N5O4S/c1-8-11-12-13-29(23(30)21(27-28-25)17(6)9-2)19(16(4)5)14-20(33-10-3)22-26-18(15-34-22)24(31)32-7/h11-12,15-17,19-21H,8-10,13-14H2,1-7H3/b12-11+/t17?,19-,20-,21?/m1/s1. The normalized spacial score (nSPS) is 14.9. The maximum absolute atomic E-state index is 13.7. The van der Waals surface area contributed by atoms with Crippen molar-refractivity contribution in [3.8, 4) is 0 Å². The highest BCUT2D eigenvalue weighted by Crippen LogP contribution is 2.31. The number of nitrogens with zero attached hydrogens (tertiary/aromatic N) is 5. The Morgan fingerprint density at radius 1 is 1.26 bits per heavy atom. The lowest BCUT2D eigenvalue weighted by atomic mass is 9.92. The van der Waals surface area contributed by atoms with Gasteiger partial charge in [0.25, 0.3) is 0 Å². The lowest BCUT2D eigenvalue weighted by molar-refractivity contribution is -0.137. The van der Waals surface area contributed by atoms with Gasteiger partial charge in [-0.3, -0.25) is 4.79 Å². The van der Waals surface area contributed by atoms with Gasteiger partial charge in [0, 0.05) is 35.9 Å². The number of methoxy groups -OCH3 is 1. The fraction of sp³-hybridized carbons (Fsp3) is 0.708. The summed E-state index contributed by atoms with van der Waals surface area (Å²) in [6.07, 6.45) is 5.68. The summed E-state index contributed by atoms with van der Waals surface area (Å²) in [7, 11) is 1.32.